The summed E-state index contributed by atoms with van der Waals surface area (Å²) in [5, 5.41) is 10.0. The van der Waals surface area contributed by atoms with Gasteiger partial charge in [0.2, 0.25) is 0 Å². The van der Waals surface area contributed by atoms with Gasteiger partial charge in [-0.3, -0.25) is 4.79 Å². The fourth-order valence-corrected chi connectivity index (χ4v) is 4.19. The molecule has 0 aliphatic heterocycles. The van der Waals surface area contributed by atoms with Gasteiger partial charge in [-0.25, -0.2) is 0 Å². The summed E-state index contributed by atoms with van der Waals surface area (Å²) in [5.74, 6) is 2.24. The Morgan fingerprint density at radius 2 is 2.00 bits per heavy atom. The number of rotatable bonds is 1. The molecule has 0 saturated heterocycles. The van der Waals surface area contributed by atoms with E-state index in [1.807, 2.05) is 6.08 Å². The van der Waals surface area contributed by atoms with Gasteiger partial charge in [0.15, 0.2) is 5.78 Å². The highest BCUT2D eigenvalue weighted by Gasteiger charge is 2.37. The van der Waals surface area contributed by atoms with Crippen LogP contribution in [0, 0.1) is 17.8 Å². The molecule has 0 aromatic carbocycles. The second-order valence-corrected chi connectivity index (χ2v) is 6.12. The second-order valence-electron chi connectivity index (χ2n) is 6.12. The molecular formula is C15H22O2. The van der Waals surface area contributed by atoms with E-state index in [-0.39, 0.29) is 6.10 Å². The number of ketones is 1. The zero-order valence-corrected chi connectivity index (χ0v) is 10.4. The van der Waals surface area contributed by atoms with E-state index in [1.54, 1.807) is 0 Å². The summed E-state index contributed by atoms with van der Waals surface area (Å²) in [4.78, 5) is 11.4. The molecule has 4 atom stereocenters. The number of hydrogen-bond acceptors (Lipinski definition) is 2. The molecule has 17 heavy (non-hydrogen) atoms. The Bertz CT molecular complexity index is 345. The van der Waals surface area contributed by atoms with E-state index in [4.69, 9.17) is 0 Å². The van der Waals surface area contributed by atoms with Gasteiger partial charge in [0, 0.05) is 6.42 Å². The Morgan fingerprint density at radius 3 is 2.76 bits per heavy atom. The van der Waals surface area contributed by atoms with Gasteiger partial charge >= 0.3 is 0 Å². The van der Waals surface area contributed by atoms with Gasteiger partial charge in [0.05, 0.1) is 6.10 Å². The number of aliphatic hydroxyl groups is 1. The highest BCUT2D eigenvalue weighted by atomic mass is 16.3. The molecule has 1 N–H and O–H groups in total. The summed E-state index contributed by atoms with van der Waals surface area (Å²) in [6, 6.07) is 0. The topological polar surface area (TPSA) is 37.3 Å². The standard InChI is InChI=1S/C15H22O2/c16-13-7-6-10-8-12(5-4-11(10)9-13)14-2-1-3-15(14)17/h9-10,12,14-15,17H,1-8H2/t10-,12+,14+,15-/m1/s1. The molecule has 0 amide bonds. The first-order valence-corrected chi connectivity index (χ1v) is 7.15. The Kier molecular flexibility index (Phi) is 3.08. The smallest absolute Gasteiger partial charge is 0.155 e. The summed E-state index contributed by atoms with van der Waals surface area (Å²) >= 11 is 0. The predicted molar refractivity (Wildman–Crippen MR) is 66.5 cm³/mol. The molecule has 2 heteroatoms. The molecule has 2 saturated carbocycles. The van der Waals surface area contributed by atoms with Gasteiger partial charge in [-0.2, -0.15) is 0 Å². The maximum atomic E-state index is 11.4. The summed E-state index contributed by atoms with van der Waals surface area (Å²) in [6.45, 7) is 0. The third-order valence-electron chi connectivity index (χ3n) is 5.14. The highest BCUT2D eigenvalue weighted by molar-refractivity contribution is 5.91. The van der Waals surface area contributed by atoms with Gasteiger partial charge in [-0.1, -0.05) is 12.0 Å². The van der Waals surface area contributed by atoms with Crippen molar-refractivity contribution in [3.8, 4) is 0 Å². The summed E-state index contributed by atoms with van der Waals surface area (Å²) < 4.78 is 0. The highest BCUT2D eigenvalue weighted by Crippen LogP contribution is 2.45. The van der Waals surface area contributed by atoms with Crippen LogP contribution >= 0.6 is 0 Å². The number of aliphatic hydroxyl groups excluding tert-OH is 1. The van der Waals surface area contributed by atoms with Gasteiger partial charge in [0.1, 0.15) is 0 Å². The molecule has 2 nitrogen and oxygen atoms in total. The lowest BCUT2D eigenvalue weighted by molar-refractivity contribution is -0.115. The van der Waals surface area contributed by atoms with Crippen molar-refractivity contribution >= 4 is 5.78 Å². The van der Waals surface area contributed by atoms with Crippen LogP contribution in [0.5, 0.6) is 0 Å². The molecule has 3 aliphatic carbocycles. The summed E-state index contributed by atoms with van der Waals surface area (Å²) in [6.07, 6.45) is 10.6. The van der Waals surface area contributed by atoms with Crippen molar-refractivity contribution in [1.82, 2.24) is 0 Å². The van der Waals surface area contributed by atoms with Crippen LogP contribution in [0.1, 0.15) is 51.4 Å². The lowest BCUT2D eigenvalue weighted by atomic mass is 9.68. The van der Waals surface area contributed by atoms with Crippen LogP contribution < -0.4 is 0 Å². The van der Waals surface area contributed by atoms with Crippen LogP contribution in [-0.4, -0.2) is 17.0 Å². The molecule has 0 spiro atoms. The molecular weight excluding hydrogens is 212 g/mol. The monoisotopic (exact) mass is 234 g/mol. The van der Waals surface area contributed by atoms with E-state index >= 15 is 0 Å². The summed E-state index contributed by atoms with van der Waals surface area (Å²) in [5.41, 5.74) is 1.41. The van der Waals surface area contributed by atoms with Crippen molar-refractivity contribution in [3.05, 3.63) is 11.6 Å². The molecule has 0 aromatic rings. The Labute approximate surface area is 103 Å². The molecule has 2 fully saturated rings. The minimum atomic E-state index is -0.0456. The molecule has 94 valence electrons. The minimum absolute atomic E-state index is 0.0456. The second kappa shape index (κ2) is 4.56. The van der Waals surface area contributed by atoms with E-state index in [2.05, 4.69) is 0 Å². The number of carbonyl (C=O) groups is 1. The van der Waals surface area contributed by atoms with E-state index in [0.29, 0.717) is 23.5 Å². The third kappa shape index (κ3) is 2.20. The van der Waals surface area contributed by atoms with Crippen molar-refractivity contribution in [3.63, 3.8) is 0 Å². The number of fused-ring (bicyclic) bond motifs is 1. The van der Waals surface area contributed by atoms with Gasteiger partial charge in [-0.05, 0) is 62.4 Å². The molecule has 0 heterocycles. The fraction of sp³-hybridized carbons (Fsp3) is 0.800. The van der Waals surface area contributed by atoms with E-state index in [1.165, 1.54) is 31.3 Å². The molecule has 3 rings (SSSR count). The van der Waals surface area contributed by atoms with E-state index in [0.717, 1.165) is 25.7 Å². The average Bonchev–Trinajstić information content (AvgIpc) is 2.75. The minimum Gasteiger partial charge on any atom is -0.393 e. The first kappa shape index (κ1) is 11.5. The Hall–Kier alpha value is -0.630. The van der Waals surface area contributed by atoms with Gasteiger partial charge in [0.25, 0.3) is 0 Å². The quantitative estimate of drug-likeness (QED) is 0.757. The lowest BCUT2D eigenvalue weighted by Crippen LogP contribution is -2.30. The first-order chi connectivity index (χ1) is 8.24. The van der Waals surface area contributed by atoms with Crippen molar-refractivity contribution in [2.45, 2.75) is 57.5 Å². The number of allylic oxidation sites excluding steroid dienone is 2. The van der Waals surface area contributed by atoms with Crippen LogP contribution in [0.3, 0.4) is 0 Å². The van der Waals surface area contributed by atoms with E-state index in [9.17, 15) is 9.90 Å². The Balaban J connectivity index is 1.68. The molecule has 0 bridgehead atoms. The van der Waals surface area contributed by atoms with Crippen LogP contribution in [-0.2, 0) is 4.79 Å². The van der Waals surface area contributed by atoms with Crippen LogP contribution in [0.4, 0.5) is 0 Å². The third-order valence-corrected chi connectivity index (χ3v) is 5.14. The van der Waals surface area contributed by atoms with Crippen molar-refractivity contribution in [1.29, 1.82) is 0 Å². The van der Waals surface area contributed by atoms with Crippen molar-refractivity contribution in [2.24, 2.45) is 17.8 Å². The van der Waals surface area contributed by atoms with Gasteiger partial charge in [-0.15, -0.1) is 0 Å². The van der Waals surface area contributed by atoms with E-state index < -0.39 is 0 Å². The molecule has 0 unspecified atom stereocenters. The van der Waals surface area contributed by atoms with Crippen LogP contribution in [0.15, 0.2) is 11.6 Å². The maximum Gasteiger partial charge on any atom is 0.155 e. The largest absolute Gasteiger partial charge is 0.393 e. The maximum absolute atomic E-state index is 11.4. The van der Waals surface area contributed by atoms with Crippen LogP contribution in [0.2, 0.25) is 0 Å². The van der Waals surface area contributed by atoms with Crippen molar-refractivity contribution < 1.29 is 9.90 Å². The predicted octanol–water partition coefficient (Wildman–Crippen LogP) is 2.85. The SMILES string of the molecule is O=C1C=C2CC[C@H]([C@@H]3CCC[C@H]3O)C[C@H]2CC1. The normalized spacial score (nSPS) is 42.2. The first-order valence-electron chi connectivity index (χ1n) is 7.15. The molecule has 0 aromatic heterocycles. The number of hydrogen-bond donors (Lipinski definition) is 1. The Morgan fingerprint density at radius 1 is 1.12 bits per heavy atom. The van der Waals surface area contributed by atoms with Crippen molar-refractivity contribution in [2.75, 3.05) is 0 Å². The zero-order chi connectivity index (χ0) is 11.8. The van der Waals surface area contributed by atoms with Crippen LogP contribution in [0.25, 0.3) is 0 Å². The average molecular weight is 234 g/mol. The lowest BCUT2D eigenvalue weighted by Gasteiger charge is -2.37. The molecule has 0 radical (unpaired) electrons. The zero-order valence-electron chi connectivity index (χ0n) is 10.4. The number of carbonyl (C=O) groups excluding carboxylic acids is 1. The molecule has 3 aliphatic rings. The fourth-order valence-electron chi connectivity index (χ4n) is 4.19. The summed E-state index contributed by atoms with van der Waals surface area (Å²) in [7, 11) is 0. The van der Waals surface area contributed by atoms with Gasteiger partial charge < -0.3 is 5.11 Å².